The first-order valence-corrected chi connectivity index (χ1v) is 7.03. The third-order valence-electron chi connectivity index (χ3n) is 3.02. The van der Waals surface area contributed by atoms with E-state index in [0.29, 0.717) is 5.69 Å². The van der Waals surface area contributed by atoms with Crippen LogP contribution in [-0.4, -0.2) is 29.4 Å². The lowest BCUT2D eigenvalue weighted by atomic mass is 9.95. The maximum atomic E-state index is 11.8. The normalized spacial score (nSPS) is 12.1. The molecule has 118 valence electrons. The van der Waals surface area contributed by atoms with Crippen LogP contribution in [-0.2, 0) is 11.2 Å². The predicted octanol–water partition coefficient (Wildman–Crippen LogP) is 3.28. The van der Waals surface area contributed by atoms with E-state index in [1.807, 2.05) is 13.1 Å². The number of benzene rings is 1. The molecule has 0 unspecified atom stereocenters. The molecule has 0 aliphatic rings. The quantitative estimate of drug-likeness (QED) is 0.745. The zero-order valence-electron chi connectivity index (χ0n) is 13.7. The Kier molecular flexibility index (Phi) is 5.23. The van der Waals surface area contributed by atoms with Gasteiger partial charge in [-0.2, -0.15) is 0 Å². The van der Waals surface area contributed by atoms with Gasteiger partial charge in [0.1, 0.15) is 11.4 Å². The van der Waals surface area contributed by atoms with Crippen LogP contribution in [0.1, 0.15) is 40.2 Å². The molecule has 1 amide bonds. The second kappa shape index (κ2) is 6.35. The van der Waals surface area contributed by atoms with E-state index in [1.165, 1.54) is 0 Å². The van der Waals surface area contributed by atoms with Gasteiger partial charge < -0.3 is 15.2 Å². The van der Waals surface area contributed by atoms with E-state index in [4.69, 9.17) is 4.74 Å². The van der Waals surface area contributed by atoms with Crippen LogP contribution in [0.25, 0.3) is 0 Å². The molecule has 0 saturated heterocycles. The highest BCUT2D eigenvalue weighted by atomic mass is 16.6. The van der Waals surface area contributed by atoms with Crippen LogP contribution in [0, 0.1) is 0 Å². The van der Waals surface area contributed by atoms with Crippen LogP contribution in [0.3, 0.4) is 0 Å². The molecule has 1 aromatic rings. The fraction of sp³-hybridized carbons (Fsp3) is 0.562. The highest BCUT2D eigenvalue weighted by molar-refractivity contribution is 5.87. The summed E-state index contributed by atoms with van der Waals surface area (Å²) in [6.45, 7) is 9.54. The Labute approximate surface area is 126 Å². The van der Waals surface area contributed by atoms with Crippen LogP contribution >= 0.6 is 0 Å². The van der Waals surface area contributed by atoms with E-state index in [9.17, 15) is 9.90 Å². The van der Waals surface area contributed by atoms with Crippen molar-refractivity contribution in [1.29, 1.82) is 0 Å². The number of nitrogens with one attached hydrogen (secondary N) is 2. The van der Waals surface area contributed by atoms with Gasteiger partial charge in [0.2, 0.25) is 0 Å². The van der Waals surface area contributed by atoms with Gasteiger partial charge in [0.25, 0.3) is 0 Å². The third kappa shape index (κ3) is 6.04. The number of amides is 1. The molecule has 21 heavy (non-hydrogen) atoms. The van der Waals surface area contributed by atoms with Gasteiger partial charge >= 0.3 is 6.09 Å². The molecule has 0 heterocycles. The Morgan fingerprint density at radius 2 is 1.86 bits per heavy atom. The van der Waals surface area contributed by atoms with Gasteiger partial charge in [-0.15, -0.1) is 0 Å². The number of carbonyl (C=O) groups excluding carboxylic acids is 1. The Morgan fingerprint density at radius 3 is 2.38 bits per heavy atom. The molecule has 0 fully saturated rings. The summed E-state index contributed by atoms with van der Waals surface area (Å²) >= 11 is 0. The number of carbonyl (C=O) groups is 1. The minimum Gasteiger partial charge on any atom is -0.506 e. The van der Waals surface area contributed by atoms with Crippen molar-refractivity contribution in [2.75, 3.05) is 12.4 Å². The molecule has 0 aliphatic carbocycles. The maximum Gasteiger partial charge on any atom is 0.412 e. The number of phenolic OH excluding ortho intramolecular Hbond substituents is 1. The predicted molar refractivity (Wildman–Crippen MR) is 84.8 cm³/mol. The number of phenols is 1. The lowest BCUT2D eigenvalue weighted by Gasteiger charge is -2.24. The lowest BCUT2D eigenvalue weighted by molar-refractivity contribution is 0.0635. The molecule has 0 atom stereocenters. The van der Waals surface area contributed by atoms with Crippen molar-refractivity contribution in [3.05, 3.63) is 23.8 Å². The monoisotopic (exact) mass is 294 g/mol. The van der Waals surface area contributed by atoms with Gasteiger partial charge in [-0.1, -0.05) is 6.07 Å². The zero-order chi connectivity index (χ0) is 16.3. The highest BCUT2D eigenvalue weighted by Crippen LogP contribution is 2.26. The van der Waals surface area contributed by atoms with Crippen LogP contribution in [0.5, 0.6) is 5.75 Å². The molecule has 0 radical (unpaired) electrons. The molecule has 3 N–H and O–H groups in total. The summed E-state index contributed by atoms with van der Waals surface area (Å²) in [5.41, 5.74) is 0.720. The molecule has 5 nitrogen and oxygen atoms in total. The summed E-state index contributed by atoms with van der Waals surface area (Å²) in [7, 11) is 1.90. The molecule has 5 heteroatoms. The average Bonchev–Trinajstić information content (AvgIpc) is 2.31. The molecule has 1 aromatic carbocycles. The van der Waals surface area contributed by atoms with Crippen LogP contribution < -0.4 is 10.6 Å². The van der Waals surface area contributed by atoms with Crippen molar-refractivity contribution in [2.45, 2.75) is 52.2 Å². The van der Waals surface area contributed by atoms with Gasteiger partial charge in [0.15, 0.2) is 0 Å². The largest absolute Gasteiger partial charge is 0.506 e. The average molecular weight is 294 g/mol. The Balaban J connectivity index is 2.86. The van der Waals surface area contributed by atoms with E-state index >= 15 is 0 Å². The van der Waals surface area contributed by atoms with Crippen molar-refractivity contribution < 1.29 is 14.6 Å². The Hall–Kier alpha value is -1.75. The number of ether oxygens (including phenoxy) is 1. The van der Waals surface area contributed by atoms with Crippen LogP contribution in [0.2, 0.25) is 0 Å². The molecule has 0 aliphatic heterocycles. The number of hydrogen-bond donors (Lipinski definition) is 3. The van der Waals surface area contributed by atoms with Crippen molar-refractivity contribution >= 4 is 11.8 Å². The van der Waals surface area contributed by atoms with E-state index in [-0.39, 0.29) is 11.3 Å². The van der Waals surface area contributed by atoms with E-state index in [0.717, 1.165) is 12.0 Å². The number of rotatable bonds is 4. The second-order valence-electron chi connectivity index (χ2n) is 6.79. The number of anilines is 1. The molecular weight excluding hydrogens is 268 g/mol. The summed E-state index contributed by atoms with van der Waals surface area (Å²) in [6, 6.07) is 5.18. The first kappa shape index (κ1) is 17.3. The molecular formula is C16H26N2O3. The van der Waals surface area contributed by atoms with E-state index in [1.54, 1.807) is 32.9 Å². The molecule has 0 spiro atoms. The lowest BCUT2D eigenvalue weighted by Crippen LogP contribution is -2.38. The number of hydrogen-bond acceptors (Lipinski definition) is 4. The first-order chi connectivity index (χ1) is 9.52. The minimum atomic E-state index is -0.581. The first-order valence-electron chi connectivity index (χ1n) is 7.03. The zero-order valence-corrected chi connectivity index (χ0v) is 13.7. The van der Waals surface area contributed by atoms with Crippen molar-refractivity contribution in [1.82, 2.24) is 5.32 Å². The van der Waals surface area contributed by atoms with E-state index in [2.05, 4.69) is 24.5 Å². The van der Waals surface area contributed by atoms with Crippen molar-refractivity contribution in [3.8, 4) is 5.75 Å². The molecule has 1 rings (SSSR count). The van der Waals surface area contributed by atoms with Crippen LogP contribution in [0.15, 0.2) is 18.2 Å². The van der Waals surface area contributed by atoms with Crippen molar-refractivity contribution in [2.24, 2.45) is 0 Å². The summed E-state index contributed by atoms with van der Waals surface area (Å²) < 4.78 is 5.19. The standard InChI is InChI=1S/C16H26N2O3/c1-15(2,3)21-14(20)18-12-9-11(7-8-13(12)19)10-16(4,5)17-6/h7-9,17,19H,10H2,1-6H3,(H,18,20). The summed E-state index contributed by atoms with van der Waals surface area (Å²) in [6.07, 6.45) is 0.190. The van der Waals surface area contributed by atoms with Gasteiger partial charge in [0.05, 0.1) is 5.69 Å². The second-order valence-corrected chi connectivity index (χ2v) is 6.79. The number of likely N-dealkylation sites (N-methyl/N-ethyl adjacent to an activating group) is 1. The van der Waals surface area contributed by atoms with E-state index < -0.39 is 11.7 Å². The Bertz CT molecular complexity index is 505. The van der Waals surface area contributed by atoms with Crippen molar-refractivity contribution in [3.63, 3.8) is 0 Å². The fourth-order valence-electron chi connectivity index (χ4n) is 1.81. The molecule has 0 saturated carbocycles. The molecule has 0 bridgehead atoms. The van der Waals surface area contributed by atoms with Gasteiger partial charge in [-0.05, 0) is 65.8 Å². The van der Waals surface area contributed by atoms with Gasteiger partial charge in [0, 0.05) is 5.54 Å². The topological polar surface area (TPSA) is 70.6 Å². The van der Waals surface area contributed by atoms with Crippen LogP contribution in [0.4, 0.5) is 10.5 Å². The SMILES string of the molecule is CNC(C)(C)Cc1ccc(O)c(NC(=O)OC(C)(C)C)c1. The summed E-state index contributed by atoms with van der Waals surface area (Å²) in [5.74, 6) is 0.0203. The highest BCUT2D eigenvalue weighted by Gasteiger charge is 2.19. The van der Waals surface area contributed by atoms with Gasteiger partial charge in [-0.3, -0.25) is 5.32 Å². The summed E-state index contributed by atoms with van der Waals surface area (Å²) in [5, 5.41) is 15.7. The third-order valence-corrected chi connectivity index (χ3v) is 3.02. The Morgan fingerprint density at radius 1 is 1.24 bits per heavy atom. The smallest absolute Gasteiger partial charge is 0.412 e. The fourth-order valence-corrected chi connectivity index (χ4v) is 1.81. The maximum absolute atomic E-state index is 11.8. The number of aromatic hydroxyl groups is 1. The van der Waals surface area contributed by atoms with Gasteiger partial charge in [-0.25, -0.2) is 4.79 Å². The molecule has 0 aromatic heterocycles. The summed E-state index contributed by atoms with van der Waals surface area (Å²) in [4.78, 5) is 11.8. The minimum absolute atomic E-state index is 0.0203.